The number of aliphatic hydroxyl groups is 3. The lowest BCUT2D eigenvalue weighted by Crippen LogP contribution is -2.57. The molecule has 4 aliphatic rings. The van der Waals surface area contributed by atoms with Crippen LogP contribution in [0.5, 0.6) is 0 Å². The van der Waals surface area contributed by atoms with Gasteiger partial charge in [-0.05, 0) is 80.5 Å². The van der Waals surface area contributed by atoms with Gasteiger partial charge in [-0.25, -0.2) is 0 Å². The van der Waals surface area contributed by atoms with Crippen LogP contribution in [0.4, 0.5) is 0 Å². The number of hydrogen-bond donors (Lipinski definition) is 3. The molecule has 0 amide bonds. The van der Waals surface area contributed by atoms with Crippen LogP contribution in [0.15, 0.2) is 0 Å². The van der Waals surface area contributed by atoms with E-state index in [4.69, 9.17) is 6.42 Å². The van der Waals surface area contributed by atoms with Crippen LogP contribution in [-0.2, 0) is 0 Å². The van der Waals surface area contributed by atoms with Crippen molar-refractivity contribution >= 4 is 0 Å². The maximum atomic E-state index is 11.0. The number of fused-ring (bicyclic) bond motifs is 5. The van der Waals surface area contributed by atoms with E-state index in [0.717, 1.165) is 38.5 Å². The summed E-state index contributed by atoms with van der Waals surface area (Å²) >= 11 is 0. The van der Waals surface area contributed by atoms with Crippen LogP contribution in [-0.4, -0.2) is 33.1 Å². The first-order chi connectivity index (χ1) is 11.3. The molecule has 0 bridgehead atoms. The highest BCUT2D eigenvalue weighted by atomic mass is 16.3. The van der Waals surface area contributed by atoms with Gasteiger partial charge in [-0.15, -0.1) is 6.42 Å². The Kier molecular flexibility index (Phi) is 3.67. The van der Waals surface area contributed by atoms with Crippen molar-refractivity contribution in [1.82, 2.24) is 0 Å². The highest BCUT2D eigenvalue weighted by molar-refractivity contribution is 5.27. The smallest absolute Gasteiger partial charge is 0.156 e. The van der Waals surface area contributed by atoms with Crippen LogP contribution in [0.1, 0.15) is 65.2 Å². The minimum atomic E-state index is -1.37. The summed E-state index contributed by atoms with van der Waals surface area (Å²) in [6, 6.07) is 0. The SMILES string of the molecule is C#C[C@]1(O)[C@@H](O)C[C@H]2[C@@H]3CC[C@H]4C[C@@H](O)CC[C@]4(C)[C@H]3CC[C@@]21C. The van der Waals surface area contributed by atoms with E-state index in [1.165, 1.54) is 6.42 Å². The van der Waals surface area contributed by atoms with E-state index < -0.39 is 11.7 Å². The molecule has 134 valence electrons. The summed E-state index contributed by atoms with van der Waals surface area (Å²) in [5, 5.41) is 31.7. The zero-order valence-corrected chi connectivity index (χ0v) is 15.0. The first kappa shape index (κ1) is 16.9. The van der Waals surface area contributed by atoms with Crippen molar-refractivity contribution in [2.24, 2.45) is 34.5 Å². The van der Waals surface area contributed by atoms with Crippen LogP contribution in [0, 0.1) is 46.8 Å². The molecule has 0 saturated heterocycles. The standard InChI is InChI=1S/C21H32O3/c1-4-21(24)18(23)12-17-15-6-5-13-11-14(22)7-9-19(13,2)16(15)8-10-20(17,21)3/h1,13-18,22-24H,5-12H2,2-3H3/t13-,14-,15+,16-,17-,18-,19-,20-,21-/m0/s1. The second-order valence-corrected chi connectivity index (χ2v) is 9.70. The van der Waals surface area contributed by atoms with Gasteiger partial charge in [0.1, 0.15) is 0 Å². The van der Waals surface area contributed by atoms with Gasteiger partial charge < -0.3 is 15.3 Å². The third-order valence-corrected chi connectivity index (χ3v) is 9.08. The summed E-state index contributed by atoms with van der Waals surface area (Å²) in [6.07, 6.45) is 12.7. The van der Waals surface area contributed by atoms with Crippen LogP contribution in [0.25, 0.3) is 0 Å². The highest BCUT2D eigenvalue weighted by Gasteiger charge is 2.67. The van der Waals surface area contributed by atoms with E-state index >= 15 is 0 Å². The predicted octanol–water partition coefficient (Wildman–Crippen LogP) is 2.73. The van der Waals surface area contributed by atoms with Gasteiger partial charge in [-0.3, -0.25) is 0 Å². The maximum Gasteiger partial charge on any atom is 0.156 e. The van der Waals surface area contributed by atoms with E-state index in [-0.39, 0.29) is 11.5 Å². The molecule has 0 aliphatic heterocycles. The number of rotatable bonds is 0. The fourth-order valence-electron chi connectivity index (χ4n) is 7.52. The minimum absolute atomic E-state index is 0.117. The molecule has 0 aromatic heterocycles. The number of terminal acetylenes is 1. The lowest BCUT2D eigenvalue weighted by Gasteiger charge is -2.61. The molecule has 0 unspecified atom stereocenters. The van der Waals surface area contributed by atoms with Gasteiger partial charge in [0.25, 0.3) is 0 Å². The molecule has 0 heterocycles. The Balaban J connectivity index is 1.67. The van der Waals surface area contributed by atoms with Crippen LogP contribution in [0.3, 0.4) is 0 Å². The molecule has 0 spiro atoms. The Morgan fingerprint density at radius 3 is 2.42 bits per heavy atom. The zero-order valence-electron chi connectivity index (χ0n) is 15.0. The molecular weight excluding hydrogens is 300 g/mol. The van der Waals surface area contributed by atoms with Crippen molar-refractivity contribution in [3.8, 4) is 12.3 Å². The molecule has 9 atom stereocenters. The van der Waals surface area contributed by atoms with Gasteiger partial charge in [0.05, 0.1) is 12.2 Å². The van der Waals surface area contributed by atoms with E-state index in [1.54, 1.807) is 0 Å². The molecule has 4 saturated carbocycles. The molecule has 0 aromatic rings. The lowest BCUT2D eigenvalue weighted by atomic mass is 9.44. The first-order valence-electron chi connectivity index (χ1n) is 9.82. The lowest BCUT2D eigenvalue weighted by molar-refractivity contribution is -0.151. The van der Waals surface area contributed by atoms with Gasteiger partial charge in [0, 0.05) is 5.41 Å². The van der Waals surface area contributed by atoms with Crippen LogP contribution < -0.4 is 0 Å². The van der Waals surface area contributed by atoms with Crippen molar-refractivity contribution in [2.45, 2.75) is 83.0 Å². The Morgan fingerprint density at radius 2 is 1.71 bits per heavy atom. The van der Waals surface area contributed by atoms with Crippen molar-refractivity contribution in [1.29, 1.82) is 0 Å². The molecule has 24 heavy (non-hydrogen) atoms. The first-order valence-corrected chi connectivity index (χ1v) is 9.82. The Bertz CT molecular complexity index is 568. The summed E-state index contributed by atoms with van der Waals surface area (Å²) in [5.74, 6) is 4.72. The molecule has 0 radical (unpaired) electrons. The van der Waals surface area contributed by atoms with Gasteiger partial charge in [0.2, 0.25) is 0 Å². The Hall–Kier alpha value is -0.560. The molecule has 3 heteroatoms. The van der Waals surface area contributed by atoms with E-state index in [9.17, 15) is 15.3 Å². The average molecular weight is 332 g/mol. The zero-order chi connectivity index (χ0) is 17.3. The molecule has 0 aromatic carbocycles. The molecule has 3 nitrogen and oxygen atoms in total. The van der Waals surface area contributed by atoms with E-state index in [2.05, 4.69) is 19.8 Å². The molecule has 4 aliphatic carbocycles. The van der Waals surface area contributed by atoms with Crippen molar-refractivity contribution in [3.05, 3.63) is 0 Å². The summed E-state index contributed by atoms with van der Waals surface area (Å²) < 4.78 is 0. The molecule has 4 rings (SSSR count). The Labute approximate surface area is 145 Å². The maximum absolute atomic E-state index is 11.0. The van der Waals surface area contributed by atoms with Gasteiger partial charge in [-0.1, -0.05) is 19.8 Å². The summed E-state index contributed by atoms with van der Waals surface area (Å²) in [6.45, 7) is 4.56. The topological polar surface area (TPSA) is 60.7 Å². The summed E-state index contributed by atoms with van der Waals surface area (Å²) in [4.78, 5) is 0. The number of hydrogen-bond acceptors (Lipinski definition) is 3. The summed E-state index contributed by atoms with van der Waals surface area (Å²) in [5.41, 5.74) is -1.42. The third kappa shape index (κ3) is 1.91. The number of aliphatic hydroxyl groups excluding tert-OH is 2. The predicted molar refractivity (Wildman–Crippen MR) is 92.9 cm³/mol. The van der Waals surface area contributed by atoms with Crippen molar-refractivity contribution in [2.75, 3.05) is 0 Å². The second-order valence-electron chi connectivity index (χ2n) is 9.70. The fourth-order valence-corrected chi connectivity index (χ4v) is 7.52. The molecular formula is C21H32O3. The van der Waals surface area contributed by atoms with Crippen LogP contribution in [0.2, 0.25) is 0 Å². The molecule has 3 N–H and O–H groups in total. The van der Waals surface area contributed by atoms with Gasteiger partial charge in [-0.2, -0.15) is 0 Å². The van der Waals surface area contributed by atoms with Gasteiger partial charge in [0.15, 0.2) is 5.60 Å². The third-order valence-electron chi connectivity index (χ3n) is 9.08. The van der Waals surface area contributed by atoms with Gasteiger partial charge >= 0.3 is 0 Å². The van der Waals surface area contributed by atoms with Crippen molar-refractivity contribution in [3.63, 3.8) is 0 Å². The molecule has 4 fully saturated rings. The van der Waals surface area contributed by atoms with Crippen molar-refractivity contribution < 1.29 is 15.3 Å². The van der Waals surface area contributed by atoms with E-state index in [0.29, 0.717) is 35.5 Å². The normalized spacial score (nSPS) is 59.8. The van der Waals surface area contributed by atoms with Crippen LogP contribution >= 0.6 is 0 Å². The van der Waals surface area contributed by atoms with E-state index in [1.807, 2.05) is 0 Å². The second kappa shape index (κ2) is 5.22. The Morgan fingerprint density at radius 1 is 0.958 bits per heavy atom. The largest absolute Gasteiger partial charge is 0.393 e. The summed E-state index contributed by atoms with van der Waals surface area (Å²) in [7, 11) is 0. The highest BCUT2D eigenvalue weighted by Crippen LogP contribution is 2.68. The minimum Gasteiger partial charge on any atom is -0.393 e. The quantitative estimate of drug-likeness (QED) is 0.598. The fraction of sp³-hybridized carbons (Fsp3) is 0.905. The average Bonchev–Trinajstić information content (AvgIpc) is 2.76. The monoisotopic (exact) mass is 332 g/mol.